The smallest absolute Gasteiger partial charge is 0.319 e. The topological polar surface area (TPSA) is 74.2 Å². The number of aromatic nitrogens is 1. The Hall–Kier alpha value is -1.92. The highest BCUT2D eigenvalue weighted by molar-refractivity contribution is 7.13. The van der Waals surface area contributed by atoms with Crippen LogP contribution >= 0.6 is 11.3 Å². The minimum Gasteiger partial charge on any atom is -0.396 e. The first-order chi connectivity index (χ1) is 11.0. The molecule has 0 saturated carbocycles. The van der Waals surface area contributed by atoms with Gasteiger partial charge in [-0.3, -0.25) is 0 Å². The molecule has 1 aromatic heterocycles. The standard InChI is InChI=1S/C17H23N3O2S/c1-17(2,12-21)8-3-9-19-16(22)20-14-6-4-13(5-7-14)15-18-10-11-23-15/h4-7,10-11,21H,3,8-9,12H2,1-2H3,(H2,19,20,22). The number of carbonyl (C=O) groups excluding carboxylic acids is 1. The van der Waals surface area contributed by atoms with E-state index in [1.54, 1.807) is 17.5 Å². The number of urea groups is 1. The number of amides is 2. The van der Waals surface area contributed by atoms with E-state index in [1.807, 2.05) is 43.5 Å². The maximum Gasteiger partial charge on any atom is 0.319 e. The molecule has 0 saturated heterocycles. The number of thiazole rings is 1. The molecule has 0 spiro atoms. The first kappa shape index (κ1) is 17.4. The maximum atomic E-state index is 11.8. The van der Waals surface area contributed by atoms with Gasteiger partial charge in [-0.15, -0.1) is 11.3 Å². The minimum atomic E-state index is -0.214. The minimum absolute atomic E-state index is 0.0934. The van der Waals surface area contributed by atoms with E-state index in [0.717, 1.165) is 29.1 Å². The predicted octanol–water partition coefficient (Wildman–Crippen LogP) is 3.73. The average molecular weight is 333 g/mol. The molecule has 0 aliphatic heterocycles. The van der Waals surface area contributed by atoms with Gasteiger partial charge < -0.3 is 15.7 Å². The second kappa shape index (κ2) is 8.08. The molecule has 23 heavy (non-hydrogen) atoms. The Bertz CT molecular complexity index is 609. The van der Waals surface area contributed by atoms with Gasteiger partial charge in [0.1, 0.15) is 5.01 Å². The van der Waals surface area contributed by atoms with E-state index >= 15 is 0 Å². The summed E-state index contributed by atoms with van der Waals surface area (Å²) in [6, 6.07) is 7.40. The van der Waals surface area contributed by atoms with E-state index in [0.29, 0.717) is 6.54 Å². The number of nitrogens with one attached hydrogen (secondary N) is 2. The third-order valence-corrected chi connectivity index (χ3v) is 4.39. The van der Waals surface area contributed by atoms with Gasteiger partial charge >= 0.3 is 6.03 Å². The fraction of sp³-hybridized carbons (Fsp3) is 0.412. The summed E-state index contributed by atoms with van der Waals surface area (Å²) in [5.74, 6) is 0. The summed E-state index contributed by atoms with van der Waals surface area (Å²) in [5.41, 5.74) is 1.69. The van der Waals surface area contributed by atoms with Crippen molar-refractivity contribution in [3.8, 4) is 10.6 Å². The van der Waals surface area contributed by atoms with E-state index in [-0.39, 0.29) is 18.1 Å². The molecule has 0 atom stereocenters. The zero-order valence-electron chi connectivity index (χ0n) is 13.5. The first-order valence-corrected chi connectivity index (χ1v) is 8.54. The van der Waals surface area contributed by atoms with E-state index in [4.69, 9.17) is 0 Å². The Morgan fingerprint density at radius 2 is 2.04 bits per heavy atom. The van der Waals surface area contributed by atoms with Crippen molar-refractivity contribution in [2.45, 2.75) is 26.7 Å². The summed E-state index contributed by atoms with van der Waals surface area (Å²) >= 11 is 1.58. The molecule has 0 aliphatic carbocycles. The summed E-state index contributed by atoms with van der Waals surface area (Å²) in [4.78, 5) is 16.1. The van der Waals surface area contributed by atoms with E-state index < -0.39 is 0 Å². The van der Waals surface area contributed by atoms with Crippen LogP contribution in [0.4, 0.5) is 10.5 Å². The van der Waals surface area contributed by atoms with Crippen LogP contribution in [0.1, 0.15) is 26.7 Å². The zero-order valence-corrected chi connectivity index (χ0v) is 14.3. The molecule has 3 N–H and O–H groups in total. The molecule has 1 aromatic carbocycles. The van der Waals surface area contributed by atoms with Crippen molar-refractivity contribution in [2.75, 3.05) is 18.5 Å². The Morgan fingerprint density at radius 1 is 1.30 bits per heavy atom. The lowest BCUT2D eigenvalue weighted by atomic mass is 9.89. The monoisotopic (exact) mass is 333 g/mol. The number of hydrogen-bond donors (Lipinski definition) is 3. The Kier molecular flexibility index (Phi) is 6.12. The largest absolute Gasteiger partial charge is 0.396 e. The van der Waals surface area contributed by atoms with Crippen molar-refractivity contribution >= 4 is 23.1 Å². The van der Waals surface area contributed by atoms with Crippen molar-refractivity contribution < 1.29 is 9.90 Å². The average Bonchev–Trinajstić information content (AvgIpc) is 3.07. The fourth-order valence-corrected chi connectivity index (χ4v) is 2.73. The van der Waals surface area contributed by atoms with Gasteiger partial charge in [0, 0.05) is 36.0 Å². The number of anilines is 1. The number of hydrogen-bond acceptors (Lipinski definition) is 4. The highest BCUT2D eigenvalue weighted by Gasteiger charge is 2.15. The summed E-state index contributed by atoms with van der Waals surface area (Å²) in [6.45, 7) is 4.77. The molecule has 0 aliphatic rings. The second-order valence-corrected chi connectivity index (χ2v) is 7.12. The van der Waals surface area contributed by atoms with Crippen LogP contribution in [0.5, 0.6) is 0 Å². The Labute approximate surface area is 140 Å². The zero-order chi connectivity index (χ0) is 16.7. The van der Waals surface area contributed by atoms with Crippen molar-refractivity contribution in [1.29, 1.82) is 0 Å². The quantitative estimate of drug-likeness (QED) is 0.676. The highest BCUT2D eigenvalue weighted by atomic mass is 32.1. The lowest BCUT2D eigenvalue weighted by Crippen LogP contribution is -2.30. The van der Waals surface area contributed by atoms with Crippen molar-refractivity contribution in [1.82, 2.24) is 10.3 Å². The lowest BCUT2D eigenvalue weighted by molar-refractivity contribution is 0.148. The number of benzene rings is 1. The molecule has 2 amide bonds. The Morgan fingerprint density at radius 3 is 2.65 bits per heavy atom. The third kappa shape index (κ3) is 5.65. The Balaban J connectivity index is 1.75. The normalized spacial score (nSPS) is 11.3. The van der Waals surface area contributed by atoms with Crippen LogP contribution in [-0.2, 0) is 0 Å². The molecule has 6 heteroatoms. The number of carbonyl (C=O) groups is 1. The summed E-state index contributed by atoms with van der Waals surface area (Å²) in [6.07, 6.45) is 3.48. The van der Waals surface area contributed by atoms with Gasteiger partial charge in [0.15, 0.2) is 0 Å². The second-order valence-electron chi connectivity index (χ2n) is 6.22. The molecular formula is C17H23N3O2S. The van der Waals surface area contributed by atoms with Gasteiger partial charge in [0.25, 0.3) is 0 Å². The van der Waals surface area contributed by atoms with Gasteiger partial charge in [-0.2, -0.15) is 0 Å². The van der Waals surface area contributed by atoms with E-state index in [1.165, 1.54) is 0 Å². The maximum absolute atomic E-state index is 11.8. The molecule has 2 rings (SSSR count). The number of rotatable bonds is 7. The molecule has 0 radical (unpaired) electrons. The molecule has 1 heterocycles. The molecule has 124 valence electrons. The molecule has 0 bridgehead atoms. The van der Waals surface area contributed by atoms with Gasteiger partial charge in [-0.25, -0.2) is 9.78 Å². The van der Waals surface area contributed by atoms with Crippen LogP contribution in [0.2, 0.25) is 0 Å². The highest BCUT2D eigenvalue weighted by Crippen LogP contribution is 2.23. The third-order valence-electron chi connectivity index (χ3n) is 3.57. The van der Waals surface area contributed by atoms with E-state index in [9.17, 15) is 9.90 Å². The van der Waals surface area contributed by atoms with E-state index in [2.05, 4.69) is 15.6 Å². The van der Waals surface area contributed by atoms with Gasteiger partial charge in [-0.1, -0.05) is 13.8 Å². The van der Waals surface area contributed by atoms with Crippen LogP contribution < -0.4 is 10.6 Å². The number of aliphatic hydroxyl groups is 1. The van der Waals surface area contributed by atoms with Crippen molar-refractivity contribution in [2.24, 2.45) is 5.41 Å². The molecule has 0 fully saturated rings. The number of aliphatic hydroxyl groups excluding tert-OH is 1. The predicted molar refractivity (Wildman–Crippen MR) is 94.7 cm³/mol. The van der Waals surface area contributed by atoms with Crippen molar-refractivity contribution in [3.63, 3.8) is 0 Å². The van der Waals surface area contributed by atoms with Gasteiger partial charge in [-0.05, 0) is 42.5 Å². The van der Waals surface area contributed by atoms with Crippen LogP contribution in [-0.4, -0.2) is 29.3 Å². The molecule has 2 aromatic rings. The van der Waals surface area contributed by atoms with Gasteiger partial charge in [0.05, 0.1) is 0 Å². The SMILES string of the molecule is CC(C)(CO)CCCNC(=O)Nc1ccc(-c2nccs2)cc1. The van der Waals surface area contributed by atoms with Crippen LogP contribution in [0, 0.1) is 5.41 Å². The summed E-state index contributed by atoms with van der Waals surface area (Å²) < 4.78 is 0. The molecular weight excluding hydrogens is 310 g/mol. The van der Waals surface area contributed by atoms with Crippen LogP contribution in [0.3, 0.4) is 0 Å². The summed E-state index contributed by atoms with van der Waals surface area (Å²) in [7, 11) is 0. The summed E-state index contributed by atoms with van der Waals surface area (Å²) in [5, 5.41) is 17.7. The lowest BCUT2D eigenvalue weighted by Gasteiger charge is -2.21. The van der Waals surface area contributed by atoms with Crippen molar-refractivity contribution in [3.05, 3.63) is 35.8 Å². The van der Waals surface area contributed by atoms with Crippen LogP contribution in [0.15, 0.2) is 35.8 Å². The molecule has 0 unspecified atom stereocenters. The first-order valence-electron chi connectivity index (χ1n) is 7.66. The number of nitrogens with zero attached hydrogens (tertiary/aromatic N) is 1. The molecule has 5 nitrogen and oxygen atoms in total. The van der Waals surface area contributed by atoms with Crippen LogP contribution in [0.25, 0.3) is 10.6 Å². The fourth-order valence-electron chi connectivity index (χ4n) is 2.09. The van der Waals surface area contributed by atoms with Gasteiger partial charge in [0.2, 0.25) is 0 Å².